The van der Waals surface area contributed by atoms with Crippen LogP contribution in [0.1, 0.15) is 18.4 Å². The first kappa shape index (κ1) is 16.6. The van der Waals surface area contributed by atoms with Crippen molar-refractivity contribution in [2.75, 3.05) is 34.4 Å². The van der Waals surface area contributed by atoms with Crippen molar-refractivity contribution in [3.8, 4) is 11.5 Å². The van der Waals surface area contributed by atoms with Gasteiger partial charge >= 0.3 is 0 Å². The molecule has 0 spiro atoms. The zero-order valence-corrected chi connectivity index (χ0v) is 13.4. The van der Waals surface area contributed by atoms with Gasteiger partial charge in [0.1, 0.15) is 0 Å². The predicted octanol–water partition coefficient (Wildman–Crippen LogP) is 0.777. The van der Waals surface area contributed by atoms with Crippen LogP contribution in [0.4, 0.5) is 0 Å². The van der Waals surface area contributed by atoms with Gasteiger partial charge in [0.15, 0.2) is 17.1 Å². The molecule has 6 heteroatoms. The monoisotopic (exact) mass is 308 g/mol. The number of rotatable bonds is 6. The molecule has 122 valence electrons. The number of ether oxygens (including phenoxy) is 2. The molecule has 0 aliphatic carbocycles. The minimum Gasteiger partial charge on any atom is -0.493 e. The number of likely N-dealkylation sites (tertiary alicyclic amines) is 1. The van der Waals surface area contributed by atoms with Crippen molar-refractivity contribution in [2.45, 2.75) is 25.0 Å². The molecule has 0 radical (unpaired) electrons. The van der Waals surface area contributed by atoms with Crippen molar-refractivity contribution in [1.82, 2.24) is 10.2 Å². The first-order chi connectivity index (χ1) is 10.6. The predicted molar refractivity (Wildman–Crippen MR) is 83.1 cm³/mol. The summed E-state index contributed by atoms with van der Waals surface area (Å²) in [6, 6.07) is 5.59. The number of para-hydroxylation sites is 1. The maximum Gasteiger partial charge on any atom is 0.256 e. The van der Waals surface area contributed by atoms with Crippen molar-refractivity contribution in [3.63, 3.8) is 0 Å². The van der Waals surface area contributed by atoms with Crippen LogP contribution in [0.3, 0.4) is 0 Å². The number of benzene rings is 1. The second kappa shape index (κ2) is 6.98. The molecule has 1 aromatic carbocycles. The summed E-state index contributed by atoms with van der Waals surface area (Å²) in [6.07, 6.45) is 1.26. The zero-order valence-electron chi connectivity index (χ0n) is 13.4. The molecule has 1 atom stereocenters. The Labute approximate surface area is 131 Å². The van der Waals surface area contributed by atoms with E-state index in [2.05, 4.69) is 5.32 Å². The molecular formula is C16H24N2O4. The number of likely N-dealkylation sites (N-methyl/N-ethyl adjacent to an activating group) is 1. The molecule has 2 rings (SSSR count). The van der Waals surface area contributed by atoms with Crippen LogP contribution in [0.25, 0.3) is 0 Å². The molecule has 1 saturated heterocycles. The van der Waals surface area contributed by atoms with E-state index in [0.29, 0.717) is 31.0 Å². The largest absolute Gasteiger partial charge is 0.493 e. The lowest BCUT2D eigenvalue weighted by atomic mass is 9.91. The van der Waals surface area contributed by atoms with Crippen LogP contribution in [0.15, 0.2) is 18.2 Å². The smallest absolute Gasteiger partial charge is 0.256 e. The third-order valence-corrected chi connectivity index (χ3v) is 4.02. The molecule has 0 aromatic heterocycles. The van der Waals surface area contributed by atoms with E-state index in [1.54, 1.807) is 26.2 Å². The van der Waals surface area contributed by atoms with E-state index in [4.69, 9.17) is 9.47 Å². The molecule has 1 aromatic rings. The van der Waals surface area contributed by atoms with Crippen molar-refractivity contribution < 1.29 is 19.4 Å². The van der Waals surface area contributed by atoms with Crippen LogP contribution < -0.4 is 14.8 Å². The average Bonchev–Trinajstić information content (AvgIpc) is 2.52. The van der Waals surface area contributed by atoms with E-state index in [1.165, 1.54) is 0 Å². The number of carbonyl (C=O) groups excluding carboxylic acids is 1. The fraction of sp³-hybridized carbons (Fsp3) is 0.562. The number of amides is 1. The van der Waals surface area contributed by atoms with Crippen LogP contribution in [-0.2, 0) is 11.3 Å². The lowest BCUT2D eigenvalue weighted by molar-refractivity contribution is -0.157. The molecule has 22 heavy (non-hydrogen) atoms. The lowest BCUT2D eigenvalue weighted by Gasteiger charge is -2.38. The highest BCUT2D eigenvalue weighted by Gasteiger charge is 2.41. The summed E-state index contributed by atoms with van der Waals surface area (Å²) < 4.78 is 10.7. The quantitative estimate of drug-likeness (QED) is 0.812. The molecule has 2 N–H and O–H groups in total. The van der Waals surface area contributed by atoms with E-state index >= 15 is 0 Å². The van der Waals surface area contributed by atoms with Gasteiger partial charge in [-0.15, -0.1) is 0 Å². The summed E-state index contributed by atoms with van der Waals surface area (Å²) >= 11 is 0. The number of nitrogens with one attached hydrogen (secondary N) is 1. The number of carbonyl (C=O) groups is 1. The molecule has 1 heterocycles. The van der Waals surface area contributed by atoms with Crippen LogP contribution >= 0.6 is 0 Å². The van der Waals surface area contributed by atoms with Gasteiger partial charge in [-0.3, -0.25) is 4.79 Å². The number of piperidine rings is 1. The Morgan fingerprint density at radius 1 is 1.36 bits per heavy atom. The summed E-state index contributed by atoms with van der Waals surface area (Å²) in [5, 5.41) is 13.4. The van der Waals surface area contributed by atoms with Crippen molar-refractivity contribution >= 4 is 5.91 Å². The van der Waals surface area contributed by atoms with E-state index < -0.39 is 5.60 Å². The molecule has 0 saturated carbocycles. The number of hydrogen-bond donors (Lipinski definition) is 2. The molecule has 1 unspecified atom stereocenters. The van der Waals surface area contributed by atoms with E-state index in [0.717, 1.165) is 12.0 Å². The standard InChI is InChI=1S/C16H24N2O4/c1-17-11-16(20)8-5-9-18(15(16)19)10-12-6-4-7-13(21-2)14(12)22-3/h4,6-7,17,20H,5,8-11H2,1-3H3. The van der Waals surface area contributed by atoms with Crippen molar-refractivity contribution in [2.24, 2.45) is 0 Å². The summed E-state index contributed by atoms with van der Waals surface area (Å²) in [5.41, 5.74) is -0.456. The van der Waals surface area contributed by atoms with Crippen molar-refractivity contribution in [3.05, 3.63) is 23.8 Å². The zero-order chi connectivity index (χ0) is 16.2. The van der Waals surface area contributed by atoms with Gasteiger partial charge in [0.25, 0.3) is 5.91 Å². The summed E-state index contributed by atoms with van der Waals surface area (Å²) in [7, 11) is 4.89. The highest BCUT2D eigenvalue weighted by molar-refractivity contribution is 5.86. The Balaban J connectivity index is 2.22. The number of methoxy groups -OCH3 is 2. The summed E-state index contributed by atoms with van der Waals surface area (Å²) in [6.45, 7) is 1.29. The van der Waals surface area contributed by atoms with Gasteiger partial charge < -0.3 is 24.8 Å². The van der Waals surface area contributed by atoms with E-state index in [9.17, 15) is 9.90 Å². The molecule has 0 bridgehead atoms. The maximum absolute atomic E-state index is 12.6. The molecular weight excluding hydrogens is 284 g/mol. The third kappa shape index (κ3) is 3.18. The van der Waals surface area contributed by atoms with Gasteiger partial charge in [-0.25, -0.2) is 0 Å². The highest BCUT2D eigenvalue weighted by Crippen LogP contribution is 2.33. The topological polar surface area (TPSA) is 71.0 Å². The van der Waals surface area contributed by atoms with Crippen LogP contribution in [0.2, 0.25) is 0 Å². The Morgan fingerprint density at radius 3 is 2.77 bits per heavy atom. The summed E-state index contributed by atoms with van der Waals surface area (Å²) in [4.78, 5) is 14.2. The first-order valence-electron chi connectivity index (χ1n) is 7.42. The highest BCUT2D eigenvalue weighted by atomic mass is 16.5. The SMILES string of the molecule is CNCC1(O)CCCN(Cc2cccc(OC)c2OC)C1=O. The normalized spacial score (nSPS) is 21.8. The van der Waals surface area contributed by atoms with Gasteiger partial charge in [-0.1, -0.05) is 12.1 Å². The van der Waals surface area contributed by atoms with Gasteiger partial charge in [-0.2, -0.15) is 0 Å². The van der Waals surface area contributed by atoms with E-state index in [-0.39, 0.29) is 12.5 Å². The Hall–Kier alpha value is -1.79. The van der Waals surface area contributed by atoms with Gasteiger partial charge in [0.05, 0.1) is 14.2 Å². The van der Waals surface area contributed by atoms with Gasteiger partial charge in [-0.05, 0) is 26.0 Å². The minimum atomic E-state index is -1.32. The van der Waals surface area contributed by atoms with Crippen LogP contribution in [0.5, 0.6) is 11.5 Å². The number of aliphatic hydroxyl groups is 1. The average molecular weight is 308 g/mol. The minimum absolute atomic E-state index is 0.238. The molecule has 6 nitrogen and oxygen atoms in total. The van der Waals surface area contributed by atoms with Crippen LogP contribution in [-0.4, -0.2) is 55.9 Å². The van der Waals surface area contributed by atoms with Gasteiger partial charge in [0.2, 0.25) is 0 Å². The van der Waals surface area contributed by atoms with Crippen molar-refractivity contribution in [1.29, 1.82) is 0 Å². The van der Waals surface area contributed by atoms with Crippen LogP contribution in [0, 0.1) is 0 Å². The third-order valence-electron chi connectivity index (χ3n) is 4.02. The maximum atomic E-state index is 12.6. The molecule has 1 amide bonds. The Kier molecular flexibility index (Phi) is 5.26. The molecule has 1 aliphatic rings. The molecule has 1 aliphatic heterocycles. The fourth-order valence-electron chi connectivity index (χ4n) is 2.96. The number of nitrogens with zero attached hydrogens (tertiary/aromatic N) is 1. The fourth-order valence-corrected chi connectivity index (χ4v) is 2.96. The Morgan fingerprint density at radius 2 is 2.14 bits per heavy atom. The Bertz CT molecular complexity index is 531. The number of hydrogen-bond acceptors (Lipinski definition) is 5. The van der Waals surface area contributed by atoms with Gasteiger partial charge in [0, 0.05) is 25.2 Å². The molecule has 1 fully saturated rings. The second-order valence-corrected chi connectivity index (χ2v) is 5.54. The second-order valence-electron chi connectivity index (χ2n) is 5.54. The lowest BCUT2D eigenvalue weighted by Crippen LogP contribution is -2.57. The summed E-state index contributed by atoms with van der Waals surface area (Å²) in [5.74, 6) is 1.02. The first-order valence-corrected chi connectivity index (χ1v) is 7.42. The van der Waals surface area contributed by atoms with E-state index in [1.807, 2.05) is 18.2 Å².